The summed E-state index contributed by atoms with van der Waals surface area (Å²) < 4.78 is 10.9. The van der Waals surface area contributed by atoms with Gasteiger partial charge >= 0.3 is 0 Å². The number of hydrogen-bond donors (Lipinski definition) is 1. The zero-order valence-electron chi connectivity index (χ0n) is 13.8. The molecule has 0 bridgehead atoms. The van der Waals surface area contributed by atoms with Gasteiger partial charge in [0.25, 0.3) is 5.69 Å². The third-order valence-corrected chi connectivity index (χ3v) is 4.16. The van der Waals surface area contributed by atoms with E-state index >= 15 is 0 Å². The van der Waals surface area contributed by atoms with E-state index in [9.17, 15) is 10.1 Å². The van der Waals surface area contributed by atoms with E-state index in [1.807, 2.05) is 6.07 Å². The van der Waals surface area contributed by atoms with E-state index in [1.54, 1.807) is 18.2 Å². The summed E-state index contributed by atoms with van der Waals surface area (Å²) in [6.45, 7) is 5.73. The predicted octanol–water partition coefficient (Wildman–Crippen LogP) is 2.66. The van der Waals surface area contributed by atoms with E-state index < -0.39 is 4.92 Å². The van der Waals surface area contributed by atoms with Gasteiger partial charge in [-0.2, -0.15) is 0 Å². The molecule has 1 unspecified atom stereocenters. The molecule has 1 N–H and O–H groups in total. The summed E-state index contributed by atoms with van der Waals surface area (Å²) in [5.41, 5.74) is 0.437. The number of hydrogen-bond acceptors (Lipinski definition) is 6. The monoisotopic (exact) mass is 331 g/mol. The Balaban J connectivity index is 1.81. The first-order valence-corrected chi connectivity index (χ1v) is 7.94. The molecule has 1 aliphatic heterocycles. The van der Waals surface area contributed by atoms with Gasteiger partial charge in [-0.3, -0.25) is 15.0 Å². The van der Waals surface area contributed by atoms with Gasteiger partial charge in [-0.05, 0) is 31.2 Å². The molecule has 1 saturated heterocycles. The van der Waals surface area contributed by atoms with Gasteiger partial charge in [0.05, 0.1) is 30.2 Å². The number of furan rings is 1. The second kappa shape index (κ2) is 7.02. The van der Waals surface area contributed by atoms with Crippen molar-refractivity contribution in [3.63, 3.8) is 0 Å². The summed E-state index contributed by atoms with van der Waals surface area (Å²) >= 11 is 0. The Morgan fingerprint density at radius 2 is 2.25 bits per heavy atom. The third-order valence-electron chi connectivity index (χ3n) is 4.16. The third kappa shape index (κ3) is 3.58. The molecule has 0 aliphatic carbocycles. The van der Waals surface area contributed by atoms with E-state index in [-0.39, 0.29) is 5.69 Å². The normalized spacial score (nSPS) is 18.5. The molecular weight excluding hydrogens is 310 g/mol. The molecule has 128 valence electrons. The Morgan fingerprint density at radius 3 is 2.96 bits per heavy atom. The molecule has 7 nitrogen and oxygen atoms in total. The van der Waals surface area contributed by atoms with Crippen molar-refractivity contribution < 1.29 is 14.1 Å². The zero-order chi connectivity index (χ0) is 17.1. The highest BCUT2D eigenvalue weighted by Crippen LogP contribution is 2.34. The molecule has 1 aliphatic rings. The summed E-state index contributed by atoms with van der Waals surface area (Å²) in [4.78, 5) is 13.2. The Morgan fingerprint density at radius 1 is 1.42 bits per heavy atom. The molecule has 1 aromatic carbocycles. The fourth-order valence-corrected chi connectivity index (χ4v) is 2.98. The van der Waals surface area contributed by atoms with Crippen LogP contribution in [0.4, 0.5) is 5.69 Å². The van der Waals surface area contributed by atoms with Crippen LogP contribution in [0.2, 0.25) is 0 Å². The van der Waals surface area contributed by atoms with Crippen molar-refractivity contribution in [3.05, 3.63) is 46.2 Å². The molecular formula is C17H21N3O4. The number of nitro groups is 1. The molecule has 24 heavy (non-hydrogen) atoms. The highest BCUT2D eigenvalue weighted by atomic mass is 16.6. The van der Waals surface area contributed by atoms with E-state index in [2.05, 4.69) is 17.1 Å². The van der Waals surface area contributed by atoms with Crippen LogP contribution in [0.25, 0.3) is 11.3 Å². The fraction of sp³-hybridized carbons (Fsp3) is 0.412. The highest BCUT2D eigenvalue weighted by molar-refractivity contribution is 5.71. The SMILES string of the molecule is COc1ccc(-c2ccc(CN3CCNC(C)C3)o2)c([N+](=O)[O-])c1. The maximum Gasteiger partial charge on any atom is 0.284 e. The number of nitro benzene ring substituents is 1. The fourth-order valence-electron chi connectivity index (χ4n) is 2.98. The van der Waals surface area contributed by atoms with Crippen LogP contribution in [-0.2, 0) is 6.54 Å². The van der Waals surface area contributed by atoms with Crippen molar-refractivity contribution in [3.8, 4) is 17.1 Å². The van der Waals surface area contributed by atoms with Gasteiger partial charge in [-0.15, -0.1) is 0 Å². The van der Waals surface area contributed by atoms with Gasteiger partial charge in [0, 0.05) is 25.7 Å². The van der Waals surface area contributed by atoms with E-state index in [4.69, 9.17) is 9.15 Å². The van der Waals surface area contributed by atoms with Crippen LogP contribution in [0.1, 0.15) is 12.7 Å². The number of piperazine rings is 1. The lowest BCUT2D eigenvalue weighted by Gasteiger charge is -2.31. The van der Waals surface area contributed by atoms with Gasteiger partial charge in [0.1, 0.15) is 17.3 Å². The van der Waals surface area contributed by atoms with Crippen LogP contribution >= 0.6 is 0 Å². The highest BCUT2D eigenvalue weighted by Gasteiger charge is 2.21. The number of nitrogens with one attached hydrogen (secondary N) is 1. The van der Waals surface area contributed by atoms with Crippen molar-refractivity contribution in [1.29, 1.82) is 0 Å². The zero-order valence-corrected chi connectivity index (χ0v) is 13.8. The number of nitrogens with zero attached hydrogens (tertiary/aromatic N) is 2. The minimum atomic E-state index is -0.419. The van der Waals surface area contributed by atoms with Crippen LogP contribution in [0.5, 0.6) is 5.75 Å². The Bertz CT molecular complexity index is 728. The topological polar surface area (TPSA) is 80.8 Å². The lowest BCUT2D eigenvalue weighted by Crippen LogP contribution is -2.48. The van der Waals surface area contributed by atoms with Gasteiger partial charge in [-0.25, -0.2) is 0 Å². The number of methoxy groups -OCH3 is 1. The van der Waals surface area contributed by atoms with Crippen LogP contribution in [0, 0.1) is 10.1 Å². The summed E-state index contributed by atoms with van der Waals surface area (Å²) in [6.07, 6.45) is 0. The summed E-state index contributed by atoms with van der Waals surface area (Å²) in [7, 11) is 1.48. The predicted molar refractivity (Wildman–Crippen MR) is 90.1 cm³/mol. The maximum atomic E-state index is 11.3. The minimum Gasteiger partial charge on any atom is -0.497 e. The molecule has 2 aromatic rings. The van der Waals surface area contributed by atoms with Crippen molar-refractivity contribution in [2.45, 2.75) is 19.5 Å². The van der Waals surface area contributed by atoms with Gasteiger partial charge in [0.2, 0.25) is 0 Å². The lowest BCUT2D eigenvalue weighted by atomic mass is 10.1. The van der Waals surface area contributed by atoms with Crippen molar-refractivity contribution in [2.24, 2.45) is 0 Å². The summed E-state index contributed by atoms with van der Waals surface area (Å²) in [5, 5.41) is 14.7. The molecule has 0 saturated carbocycles. The smallest absolute Gasteiger partial charge is 0.284 e. The molecule has 1 aromatic heterocycles. The van der Waals surface area contributed by atoms with Crippen LogP contribution in [0.15, 0.2) is 34.7 Å². The van der Waals surface area contributed by atoms with E-state index in [0.717, 1.165) is 25.4 Å². The van der Waals surface area contributed by atoms with Crippen molar-refractivity contribution in [1.82, 2.24) is 10.2 Å². The molecule has 1 atom stereocenters. The van der Waals surface area contributed by atoms with E-state index in [1.165, 1.54) is 13.2 Å². The van der Waals surface area contributed by atoms with Crippen LogP contribution < -0.4 is 10.1 Å². The second-order valence-corrected chi connectivity index (χ2v) is 6.00. The molecule has 2 heterocycles. The molecule has 0 radical (unpaired) electrons. The summed E-state index contributed by atoms with van der Waals surface area (Å²) in [5.74, 6) is 1.76. The number of rotatable bonds is 5. The van der Waals surface area contributed by atoms with Crippen LogP contribution in [0.3, 0.4) is 0 Å². The Kier molecular flexibility index (Phi) is 4.82. The molecule has 3 rings (SSSR count). The maximum absolute atomic E-state index is 11.3. The molecule has 0 amide bonds. The van der Waals surface area contributed by atoms with Gasteiger partial charge in [0.15, 0.2) is 0 Å². The Hall–Kier alpha value is -2.38. The molecule has 0 spiro atoms. The Labute approximate surface area is 140 Å². The van der Waals surface area contributed by atoms with E-state index in [0.29, 0.717) is 29.7 Å². The van der Waals surface area contributed by atoms with Gasteiger partial charge < -0.3 is 14.5 Å². The standard InChI is InChI=1S/C17H21N3O4/c1-12-10-19(8-7-18-12)11-14-4-6-17(24-14)15-5-3-13(23-2)9-16(15)20(21)22/h3-6,9,12,18H,7-8,10-11H2,1-2H3. The second-order valence-electron chi connectivity index (χ2n) is 6.00. The average Bonchev–Trinajstić information content (AvgIpc) is 3.02. The first-order chi connectivity index (χ1) is 11.6. The van der Waals surface area contributed by atoms with Crippen molar-refractivity contribution in [2.75, 3.05) is 26.7 Å². The lowest BCUT2D eigenvalue weighted by molar-refractivity contribution is -0.384. The number of ether oxygens (including phenoxy) is 1. The van der Waals surface area contributed by atoms with Gasteiger partial charge in [-0.1, -0.05) is 0 Å². The largest absolute Gasteiger partial charge is 0.497 e. The van der Waals surface area contributed by atoms with Crippen LogP contribution in [-0.4, -0.2) is 42.6 Å². The first kappa shape index (κ1) is 16.5. The summed E-state index contributed by atoms with van der Waals surface area (Å²) in [6, 6.07) is 8.90. The minimum absolute atomic E-state index is 0.0222. The average molecular weight is 331 g/mol. The number of benzene rings is 1. The quantitative estimate of drug-likeness (QED) is 0.670. The van der Waals surface area contributed by atoms with Crippen molar-refractivity contribution >= 4 is 5.69 Å². The molecule has 1 fully saturated rings. The first-order valence-electron chi connectivity index (χ1n) is 7.94. The molecule has 7 heteroatoms.